The van der Waals surface area contributed by atoms with E-state index in [2.05, 4.69) is 10.6 Å². The lowest BCUT2D eigenvalue weighted by Gasteiger charge is -2.24. The Morgan fingerprint density at radius 2 is 1.89 bits per heavy atom. The molecule has 1 fully saturated rings. The average Bonchev–Trinajstić information content (AvgIpc) is 2.28. The third-order valence-corrected chi connectivity index (χ3v) is 3.18. The minimum absolute atomic E-state index is 0. The van der Waals surface area contributed by atoms with Crippen molar-refractivity contribution in [3.63, 3.8) is 0 Å². The monoisotopic (exact) mass is 291 g/mol. The largest absolute Gasteiger partial charge is 0.352 e. The van der Waals surface area contributed by atoms with Crippen molar-refractivity contribution in [1.82, 2.24) is 15.5 Å². The molecule has 2 N–H and O–H groups in total. The lowest BCUT2D eigenvalue weighted by atomic mass is 9.94. The van der Waals surface area contributed by atoms with Gasteiger partial charge in [0.25, 0.3) is 0 Å². The number of nitrogens with zero attached hydrogens (tertiary/aromatic N) is 1. The molecule has 0 unspecified atom stereocenters. The van der Waals surface area contributed by atoms with Gasteiger partial charge in [-0.2, -0.15) is 0 Å². The maximum Gasteiger partial charge on any atom is 0.239 e. The zero-order valence-electron chi connectivity index (χ0n) is 12.1. The van der Waals surface area contributed by atoms with Crippen molar-refractivity contribution in [3.8, 4) is 0 Å². The topological polar surface area (TPSA) is 61.4 Å². The summed E-state index contributed by atoms with van der Waals surface area (Å²) in [6, 6.07) is 0.116. The summed E-state index contributed by atoms with van der Waals surface area (Å²) in [6.07, 6.45) is 2.67. The third-order valence-electron chi connectivity index (χ3n) is 3.18. The van der Waals surface area contributed by atoms with Crippen LogP contribution in [0.5, 0.6) is 0 Å². The van der Waals surface area contributed by atoms with Gasteiger partial charge in [-0.1, -0.05) is 0 Å². The molecule has 0 spiro atoms. The summed E-state index contributed by atoms with van der Waals surface area (Å²) >= 11 is 0. The Labute approximate surface area is 121 Å². The standard InChI is InChI=1S/C13H25N3O2.ClH/c1-10(2)15-12(17)9-16(3)13(18)8-11-4-6-14-7-5-11;/h10-11,14H,4-9H2,1-3H3,(H,15,17);1H. The quantitative estimate of drug-likeness (QED) is 0.787. The van der Waals surface area contributed by atoms with Crippen molar-refractivity contribution in [2.45, 2.75) is 39.2 Å². The first-order chi connectivity index (χ1) is 8.49. The predicted molar refractivity (Wildman–Crippen MR) is 78.4 cm³/mol. The maximum atomic E-state index is 12.0. The molecule has 5 nitrogen and oxygen atoms in total. The van der Waals surface area contributed by atoms with Crippen LogP contribution in [0.3, 0.4) is 0 Å². The number of carbonyl (C=O) groups excluding carboxylic acids is 2. The molecule has 0 bridgehead atoms. The van der Waals surface area contributed by atoms with Crippen LogP contribution < -0.4 is 10.6 Å². The highest BCUT2D eigenvalue weighted by Gasteiger charge is 2.20. The van der Waals surface area contributed by atoms with Crippen molar-refractivity contribution in [2.75, 3.05) is 26.7 Å². The summed E-state index contributed by atoms with van der Waals surface area (Å²) in [5, 5.41) is 6.07. The number of nitrogens with one attached hydrogen (secondary N) is 2. The Kier molecular flexibility index (Phi) is 8.76. The van der Waals surface area contributed by atoms with Gasteiger partial charge in [0.1, 0.15) is 0 Å². The summed E-state index contributed by atoms with van der Waals surface area (Å²) in [5.74, 6) is 0.446. The van der Waals surface area contributed by atoms with Crippen LogP contribution in [-0.4, -0.2) is 49.4 Å². The zero-order chi connectivity index (χ0) is 13.5. The highest BCUT2D eigenvalue weighted by molar-refractivity contribution is 5.85. The molecule has 19 heavy (non-hydrogen) atoms. The van der Waals surface area contributed by atoms with E-state index in [0.29, 0.717) is 12.3 Å². The van der Waals surface area contributed by atoms with Gasteiger partial charge >= 0.3 is 0 Å². The van der Waals surface area contributed by atoms with E-state index in [1.54, 1.807) is 7.05 Å². The van der Waals surface area contributed by atoms with Crippen LogP contribution in [-0.2, 0) is 9.59 Å². The summed E-state index contributed by atoms with van der Waals surface area (Å²) in [4.78, 5) is 25.0. The van der Waals surface area contributed by atoms with Gasteiger partial charge in [0.05, 0.1) is 6.54 Å². The molecule has 1 aliphatic rings. The number of hydrogen-bond donors (Lipinski definition) is 2. The minimum atomic E-state index is -0.0915. The van der Waals surface area contributed by atoms with Crippen molar-refractivity contribution in [3.05, 3.63) is 0 Å². The predicted octanol–water partition coefficient (Wildman–Crippen LogP) is 0.781. The Morgan fingerprint density at radius 1 is 1.32 bits per heavy atom. The van der Waals surface area contributed by atoms with Crippen LogP contribution in [0.2, 0.25) is 0 Å². The van der Waals surface area contributed by atoms with E-state index in [4.69, 9.17) is 0 Å². The van der Waals surface area contributed by atoms with Crippen molar-refractivity contribution in [1.29, 1.82) is 0 Å². The fraction of sp³-hybridized carbons (Fsp3) is 0.846. The molecule has 1 rings (SSSR count). The molecule has 0 aromatic rings. The third kappa shape index (κ3) is 7.38. The van der Waals surface area contributed by atoms with Crippen molar-refractivity contribution in [2.24, 2.45) is 5.92 Å². The van der Waals surface area contributed by atoms with Gasteiger partial charge in [0.2, 0.25) is 11.8 Å². The molecule has 0 aromatic heterocycles. The Hall–Kier alpha value is -0.810. The number of piperidine rings is 1. The van der Waals surface area contributed by atoms with Gasteiger partial charge in [-0.3, -0.25) is 9.59 Å². The normalized spacial score (nSPS) is 15.8. The first kappa shape index (κ1) is 18.2. The van der Waals surface area contributed by atoms with E-state index in [0.717, 1.165) is 25.9 Å². The first-order valence-electron chi connectivity index (χ1n) is 6.73. The zero-order valence-corrected chi connectivity index (χ0v) is 12.9. The number of carbonyl (C=O) groups is 2. The van der Waals surface area contributed by atoms with Crippen LogP contribution in [0.25, 0.3) is 0 Å². The Balaban J connectivity index is 0.00000324. The fourth-order valence-corrected chi connectivity index (χ4v) is 2.16. The minimum Gasteiger partial charge on any atom is -0.352 e. The van der Waals surface area contributed by atoms with E-state index in [-0.39, 0.29) is 36.8 Å². The molecular formula is C13H26ClN3O2. The molecule has 1 aliphatic heterocycles. The highest BCUT2D eigenvalue weighted by atomic mass is 35.5. The molecule has 112 valence electrons. The molecule has 0 radical (unpaired) electrons. The van der Waals surface area contributed by atoms with Crippen LogP contribution in [0, 0.1) is 5.92 Å². The Morgan fingerprint density at radius 3 is 2.42 bits per heavy atom. The van der Waals surface area contributed by atoms with Gasteiger partial charge in [0.15, 0.2) is 0 Å². The molecule has 1 saturated heterocycles. The lowest BCUT2D eigenvalue weighted by Crippen LogP contribution is -2.41. The van der Waals surface area contributed by atoms with Crippen LogP contribution in [0.4, 0.5) is 0 Å². The molecule has 0 aliphatic carbocycles. The number of amides is 2. The van der Waals surface area contributed by atoms with E-state index in [1.807, 2.05) is 13.8 Å². The SMILES string of the molecule is CC(C)NC(=O)CN(C)C(=O)CC1CCNCC1.Cl. The van der Waals surface area contributed by atoms with E-state index in [1.165, 1.54) is 4.90 Å². The van der Waals surface area contributed by atoms with Gasteiger partial charge in [-0.25, -0.2) is 0 Å². The molecule has 6 heteroatoms. The molecule has 0 saturated carbocycles. The first-order valence-corrected chi connectivity index (χ1v) is 6.73. The van der Waals surface area contributed by atoms with Crippen LogP contribution in [0.15, 0.2) is 0 Å². The number of likely N-dealkylation sites (N-methyl/N-ethyl adjacent to an activating group) is 1. The van der Waals surface area contributed by atoms with Crippen LogP contribution in [0.1, 0.15) is 33.1 Å². The fourth-order valence-electron chi connectivity index (χ4n) is 2.16. The van der Waals surface area contributed by atoms with Crippen LogP contribution >= 0.6 is 12.4 Å². The van der Waals surface area contributed by atoms with Crippen molar-refractivity contribution < 1.29 is 9.59 Å². The number of rotatable bonds is 5. The molecule has 0 atom stereocenters. The summed E-state index contributed by atoms with van der Waals surface area (Å²) in [5.41, 5.74) is 0. The van der Waals surface area contributed by atoms with E-state index >= 15 is 0 Å². The summed E-state index contributed by atoms with van der Waals surface area (Å²) < 4.78 is 0. The average molecular weight is 292 g/mol. The van der Waals surface area contributed by atoms with E-state index < -0.39 is 0 Å². The number of hydrogen-bond acceptors (Lipinski definition) is 3. The molecule has 1 heterocycles. The van der Waals surface area contributed by atoms with Crippen molar-refractivity contribution >= 4 is 24.2 Å². The lowest BCUT2D eigenvalue weighted by molar-refractivity contribution is -0.135. The van der Waals surface area contributed by atoms with Gasteiger partial charge in [-0.15, -0.1) is 12.4 Å². The van der Waals surface area contributed by atoms with Gasteiger partial charge < -0.3 is 15.5 Å². The van der Waals surface area contributed by atoms with E-state index in [9.17, 15) is 9.59 Å². The molecular weight excluding hydrogens is 266 g/mol. The van der Waals surface area contributed by atoms with Gasteiger partial charge in [-0.05, 0) is 45.7 Å². The smallest absolute Gasteiger partial charge is 0.239 e. The second-order valence-electron chi connectivity index (χ2n) is 5.37. The summed E-state index contributed by atoms with van der Waals surface area (Å²) in [7, 11) is 1.70. The second-order valence-corrected chi connectivity index (χ2v) is 5.37. The second kappa shape index (κ2) is 9.15. The molecule has 0 aromatic carbocycles. The Bertz CT molecular complexity index is 292. The number of halogens is 1. The maximum absolute atomic E-state index is 12.0. The molecule has 2 amide bonds. The highest BCUT2D eigenvalue weighted by Crippen LogP contribution is 2.16. The summed E-state index contributed by atoms with van der Waals surface area (Å²) in [6.45, 7) is 5.97. The van der Waals surface area contributed by atoms with Gasteiger partial charge in [0, 0.05) is 19.5 Å².